The molecule has 2 rings (SSSR count). The third kappa shape index (κ3) is 5.39. The molecule has 1 aromatic heterocycles. The van der Waals surface area contributed by atoms with Gasteiger partial charge in [0.1, 0.15) is 0 Å². The van der Waals surface area contributed by atoms with Gasteiger partial charge in [0.05, 0.1) is 10.2 Å². The fourth-order valence-corrected chi connectivity index (χ4v) is 4.10. The molecular weight excluding hydrogens is 320 g/mol. The number of benzene rings is 1. The SMILES string of the molecule is CCCCCCc1ccc2sc(NS)nc2c1CCCCCC. The molecule has 1 N–H and O–H groups in total. The largest absolute Gasteiger partial charge is 0.308 e. The Bertz CT molecular complexity index is 592. The zero-order valence-electron chi connectivity index (χ0n) is 14.5. The van der Waals surface area contributed by atoms with Gasteiger partial charge in [0, 0.05) is 0 Å². The molecule has 128 valence electrons. The van der Waals surface area contributed by atoms with Crippen molar-refractivity contribution in [2.75, 3.05) is 4.72 Å². The fraction of sp³-hybridized carbons (Fsp3) is 0.632. The third-order valence-electron chi connectivity index (χ3n) is 4.44. The number of hydrogen-bond donors (Lipinski definition) is 2. The average molecular weight is 351 g/mol. The molecule has 0 saturated carbocycles. The lowest BCUT2D eigenvalue weighted by atomic mass is 9.96. The summed E-state index contributed by atoms with van der Waals surface area (Å²) in [6.45, 7) is 4.54. The van der Waals surface area contributed by atoms with Crippen LogP contribution in [0.2, 0.25) is 0 Å². The number of rotatable bonds is 11. The summed E-state index contributed by atoms with van der Waals surface area (Å²) in [4.78, 5) is 4.77. The lowest BCUT2D eigenvalue weighted by molar-refractivity contribution is 0.652. The van der Waals surface area contributed by atoms with Crippen LogP contribution in [0.3, 0.4) is 0 Å². The molecule has 0 unspecified atom stereocenters. The van der Waals surface area contributed by atoms with Gasteiger partial charge in [-0.05, 0) is 42.9 Å². The van der Waals surface area contributed by atoms with Gasteiger partial charge < -0.3 is 4.72 Å². The quantitative estimate of drug-likeness (QED) is 0.344. The van der Waals surface area contributed by atoms with Crippen LogP contribution >= 0.6 is 24.2 Å². The van der Waals surface area contributed by atoms with E-state index < -0.39 is 0 Å². The number of aromatic nitrogens is 1. The highest BCUT2D eigenvalue weighted by Gasteiger charge is 2.12. The molecule has 0 aliphatic carbocycles. The minimum Gasteiger partial charge on any atom is -0.308 e. The van der Waals surface area contributed by atoms with Crippen molar-refractivity contribution < 1.29 is 0 Å². The van der Waals surface area contributed by atoms with Crippen LogP contribution in [-0.4, -0.2) is 4.98 Å². The number of thiazole rings is 1. The number of nitrogens with zero attached hydrogens (tertiary/aromatic N) is 1. The van der Waals surface area contributed by atoms with E-state index in [1.165, 1.54) is 79.1 Å². The van der Waals surface area contributed by atoms with Crippen molar-refractivity contribution in [3.8, 4) is 0 Å². The molecule has 1 heterocycles. The van der Waals surface area contributed by atoms with Gasteiger partial charge >= 0.3 is 0 Å². The summed E-state index contributed by atoms with van der Waals surface area (Å²) >= 11 is 5.85. The highest BCUT2D eigenvalue weighted by molar-refractivity contribution is 7.82. The van der Waals surface area contributed by atoms with E-state index >= 15 is 0 Å². The third-order valence-corrected chi connectivity index (χ3v) is 5.74. The molecule has 4 heteroatoms. The Balaban J connectivity index is 2.17. The average Bonchev–Trinajstić information content (AvgIpc) is 3.00. The Labute approximate surface area is 150 Å². The summed E-state index contributed by atoms with van der Waals surface area (Å²) in [6, 6.07) is 4.58. The smallest absolute Gasteiger partial charge is 0.193 e. The van der Waals surface area contributed by atoms with E-state index in [0.717, 1.165) is 11.6 Å². The van der Waals surface area contributed by atoms with Gasteiger partial charge in [0.2, 0.25) is 0 Å². The molecule has 0 spiro atoms. The van der Waals surface area contributed by atoms with E-state index in [-0.39, 0.29) is 0 Å². The number of aryl methyl sites for hydroxylation is 2. The number of thiol groups is 1. The normalized spacial score (nSPS) is 11.3. The summed E-state index contributed by atoms with van der Waals surface area (Å²) in [5.74, 6) is 0. The van der Waals surface area contributed by atoms with Crippen molar-refractivity contribution in [3.05, 3.63) is 23.3 Å². The van der Waals surface area contributed by atoms with Crippen LogP contribution in [0.4, 0.5) is 5.13 Å². The lowest BCUT2D eigenvalue weighted by Crippen LogP contribution is -1.97. The van der Waals surface area contributed by atoms with Crippen molar-refractivity contribution in [2.24, 2.45) is 0 Å². The number of nitrogens with one attached hydrogen (secondary N) is 1. The number of unbranched alkanes of at least 4 members (excludes halogenated alkanes) is 6. The maximum absolute atomic E-state index is 4.77. The van der Waals surface area contributed by atoms with Crippen LogP contribution in [0.15, 0.2) is 12.1 Å². The summed E-state index contributed by atoms with van der Waals surface area (Å²) in [5.41, 5.74) is 4.21. The molecule has 0 atom stereocenters. The zero-order valence-corrected chi connectivity index (χ0v) is 16.2. The Morgan fingerprint density at radius 3 is 2.30 bits per heavy atom. The van der Waals surface area contributed by atoms with Crippen molar-refractivity contribution in [1.82, 2.24) is 4.98 Å². The molecule has 0 radical (unpaired) electrons. The lowest BCUT2D eigenvalue weighted by Gasteiger charge is -2.10. The molecule has 0 saturated heterocycles. The van der Waals surface area contributed by atoms with Gasteiger partial charge in [-0.3, -0.25) is 0 Å². The predicted molar refractivity (Wildman–Crippen MR) is 108 cm³/mol. The van der Waals surface area contributed by atoms with E-state index in [4.69, 9.17) is 4.98 Å². The maximum Gasteiger partial charge on any atom is 0.193 e. The van der Waals surface area contributed by atoms with Gasteiger partial charge in [-0.15, -0.1) is 0 Å². The Hall–Kier alpha value is -0.740. The minimum absolute atomic E-state index is 0.904. The molecule has 0 aliphatic rings. The highest BCUT2D eigenvalue weighted by Crippen LogP contribution is 2.32. The molecule has 2 nitrogen and oxygen atoms in total. The summed E-state index contributed by atoms with van der Waals surface area (Å²) < 4.78 is 4.18. The van der Waals surface area contributed by atoms with Crippen LogP contribution in [0.1, 0.15) is 76.3 Å². The first kappa shape index (κ1) is 18.6. The first-order valence-electron chi connectivity index (χ1n) is 9.11. The van der Waals surface area contributed by atoms with Crippen molar-refractivity contribution in [3.63, 3.8) is 0 Å². The first-order valence-corrected chi connectivity index (χ1v) is 10.4. The van der Waals surface area contributed by atoms with Gasteiger partial charge in [-0.2, -0.15) is 0 Å². The molecule has 2 aromatic rings. The maximum atomic E-state index is 4.77. The monoisotopic (exact) mass is 350 g/mol. The molecule has 0 fully saturated rings. The van der Waals surface area contributed by atoms with Gasteiger partial charge in [0.25, 0.3) is 0 Å². The Morgan fingerprint density at radius 1 is 0.957 bits per heavy atom. The van der Waals surface area contributed by atoms with Crippen molar-refractivity contribution in [1.29, 1.82) is 0 Å². The standard InChI is InChI=1S/C19H30N2S2/c1-3-5-7-9-11-15-13-14-17-18(20-19(21-22)23-17)16(15)12-10-8-6-4-2/h13-14,22H,3-12H2,1-2H3,(H,20,21). The van der Waals surface area contributed by atoms with E-state index in [9.17, 15) is 0 Å². The van der Waals surface area contributed by atoms with Crippen LogP contribution in [-0.2, 0) is 12.8 Å². The van der Waals surface area contributed by atoms with Gasteiger partial charge in [0.15, 0.2) is 5.13 Å². The van der Waals surface area contributed by atoms with Crippen molar-refractivity contribution in [2.45, 2.75) is 78.1 Å². The number of fused-ring (bicyclic) bond motifs is 1. The highest BCUT2D eigenvalue weighted by atomic mass is 32.1. The van der Waals surface area contributed by atoms with Crippen LogP contribution in [0.25, 0.3) is 10.2 Å². The second-order valence-corrected chi connectivity index (χ2v) is 7.56. The number of hydrogen-bond acceptors (Lipinski definition) is 4. The predicted octanol–water partition coefficient (Wildman–Crippen LogP) is 6.80. The molecule has 23 heavy (non-hydrogen) atoms. The summed E-state index contributed by atoms with van der Waals surface area (Å²) in [7, 11) is 0. The van der Waals surface area contributed by atoms with Crippen LogP contribution < -0.4 is 4.72 Å². The zero-order chi connectivity index (χ0) is 16.5. The van der Waals surface area contributed by atoms with Crippen LogP contribution in [0, 0.1) is 0 Å². The van der Waals surface area contributed by atoms with E-state index in [0.29, 0.717) is 0 Å². The fourth-order valence-electron chi connectivity index (χ4n) is 3.12. The second kappa shape index (κ2) is 10.2. The first-order chi connectivity index (χ1) is 11.3. The van der Waals surface area contributed by atoms with E-state index in [2.05, 4.69) is 43.5 Å². The molecule has 1 aromatic carbocycles. The van der Waals surface area contributed by atoms with Crippen molar-refractivity contribution >= 4 is 39.5 Å². The van der Waals surface area contributed by atoms with Gasteiger partial charge in [-0.1, -0.05) is 82.6 Å². The minimum atomic E-state index is 0.904. The molecular formula is C19H30N2S2. The van der Waals surface area contributed by atoms with Crippen LogP contribution in [0.5, 0.6) is 0 Å². The molecule has 0 aliphatic heterocycles. The van der Waals surface area contributed by atoms with E-state index in [1.54, 1.807) is 11.3 Å². The van der Waals surface area contributed by atoms with Gasteiger partial charge in [-0.25, -0.2) is 4.98 Å². The molecule has 0 bridgehead atoms. The summed E-state index contributed by atoms with van der Waals surface area (Å²) in [5, 5.41) is 0.904. The topological polar surface area (TPSA) is 24.9 Å². The Morgan fingerprint density at radius 2 is 1.65 bits per heavy atom. The Kier molecular flexibility index (Phi) is 8.24. The van der Waals surface area contributed by atoms with E-state index in [1.807, 2.05) is 0 Å². The second-order valence-electron chi connectivity index (χ2n) is 6.30. The molecule has 0 amide bonds. The number of anilines is 1. The summed E-state index contributed by atoms with van der Waals surface area (Å²) in [6.07, 6.45) is 12.9.